The molecule has 1 fully saturated rings. The minimum absolute atomic E-state index is 0.611. The van der Waals surface area contributed by atoms with Crippen molar-refractivity contribution in [2.45, 2.75) is 24.0 Å². The predicted octanol–water partition coefficient (Wildman–Crippen LogP) is -2.85. The van der Waals surface area contributed by atoms with Crippen LogP contribution in [-0.2, 0) is 4.74 Å². The number of nitrogens with one attached hydrogen (secondary N) is 1. The Morgan fingerprint density at radius 3 is 2.74 bits per heavy atom. The van der Waals surface area contributed by atoms with Crippen molar-refractivity contribution in [3.05, 3.63) is 33.1 Å². The van der Waals surface area contributed by atoms with Crippen LogP contribution in [0.15, 0.2) is 21.9 Å². The standard InChI is InChI=1S/C11H12N2O6/c1-2-11(18)6(5-14)19-9(8(11)16)13-4-3-7(15)12-10(13)17/h1,3-4,6,8-9,14,16,18H,5H2,(H,12,15,17)/t6-,8+,9?,11-/m1/s1. The van der Waals surface area contributed by atoms with Crippen molar-refractivity contribution in [1.29, 1.82) is 0 Å². The number of aromatic nitrogens is 2. The SMILES string of the molecule is C#C[C@@]1(O)[C@@H](CO)OC(n2ccc(=O)[nH]c2=O)[C@@H]1O. The monoisotopic (exact) mass is 268 g/mol. The molecule has 2 rings (SSSR count). The summed E-state index contributed by atoms with van der Waals surface area (Å²) in [4.78, 5) is 24.5. The van der Waals surface area contributed by atoms with Crippen molar-refractivity contribution < 1.29 is 20.1 Å². The molecule has 1 aromatic rings. The first kappa shape index (κ1) is 13.5. The maximum atomic E-state index is 11.6. The summed E-state index contributed by atoms with van der Waals surface area (Å²) in [6, 6.07) is 1.05. The largest absolute Gasteiger partial charge is 0.394 e. The summed E-state index contributed by atoms with van der Waals surface area (Å²) < 4.78 is 6.06. The number of H-pyrrole nitrogens is 1. The van der Waals surface area contributed by atoms with E-state index in [1.54, 1.807) is 0 Å². The lowest BCUT2D eigenvalue weighted by molar-refractivity contribution is -0.0624. The van der Waals surface area contributed by atoms with Crippen LogP contribution in [0.25, 0.3) is 0 Å². The summed E-state index contributed by atoms with van der Waals surface area (Å²) >= 11 is 0. The smallest absolute Gasteiger partial charge is 0.330 e. The average molecular weight is 268 g/mol. The Hall–Kier alpha value is -1.92. The molecule has 0 bridgehead atoms. The van der Waals surface area contributed by atoms with Gasteiger partial charge in [-0.25, -0.2) is 4.79 Å². The van der Waals surface area contributed by atoms with Gasteiger partial charge in [0, 0.05) is 12.3 Å². The van der Waals surface area contributed by atoms with Crippen molar-refractivity contribution in [3.8, 4) is 12.3 Å². The minimum atomic E-state index is -2.12. The fourth-order valence-corrected chi connectivity index (χ4v) is 1.96. The molecule has 0 aromatic carbocycles. The normalized spacial score (nSPS) is 34.1. The fraction of sp³-hybridized carbons (Fsp3) is 0.455. The highest BCUT2D eigenvalue weighted by Gasteiger charge is 2.55. The highest BCUT2D eigenvalue weighted by molar-refractivity contribution is 5.19. The zero-order valence-corrected chi connectivity index (χ0v) is 9.68. The first-order valence-electron chi connectivity index (χ1n) is 5.40. The van der Waals surface area contributed by atoms with Crippen molar-refractivity contribution in [1.82, 2.24) is 9.55 Å². The van der Waals surface area contributed by atoms with E-state index >= 15 is 0 Å². The number of hydrogen-bond acceptors (Lipinski definition) is 6. The molecule has 0 saturated carbocycles. The van der Waals surface area contributed by atoms with Gasteiger partial charge in [0.2, 0.25) is 0 Å². The third kappa shape index (κ3) is 1.98. The van der Waals surface area contributed by atoms with Gasteiger partial charge in [-0.05, 0) is 0 Å². The molecule has 1 unspecified atom stereocenters. The highest BCUT2D eigenvalue weighted by atomic mass is 16.6. The Balaban J connectivity index is 2.46. The molecular formula is C11H12N2O6. The van der Waals surface area contributed by atoms with E-state index in [0.717, 1.165) is 16.8 Å². The van der Waals surface area contributed by atoms with Gasteiger partial charge >= 0.3 is 5.69 Å². The molecule has 1 aromatic heterocycles. The lowest BCUT2D eigenvalue weighted by Gasteiger charge is -2.23. The second kappa shape index (κ2) is 4.64. The van der Waals surface area contributed by atoms with Gasteiger partial charge in [0.25, 0.3) is 5.56 Å². The molecule has 0 aliphatic carbocycles. The van der Waals surface area contributed by atoms with Crippen molar-refractivity contribution in [2.24, 2.45) is 0 Å². The lowest BCUT2D eigenvalue weighted by atomic mass is 9.93. The van der Waals surface area contributed by atoms with Crippen LogP contribution in [0.2, 0.25) is 0 Å². The van der Waals surface area contributed by atoms with E-state index in [9.17, 15) is 19.8 Å². The van der Waals surface area contributed by atoms with Gasteiger partial charge in [0.1, 0.15) is 12.2 Å². The van der Waals surface area contributed by atoms with Crippen LogP contribution < -0.4 is 11.2 Å². The van der Waals surface area contributed by atoms with Crippen molar-refractivity contribution in [2.75, 3.05) is 6.61 Å². The van der Waals surface area contributed by atoms with E-state index in [1.807, 2.05) is 10.9 Å². The third-order valence-corrected chi connectivity index (χ3v) is 3.04. The molecule has 2 heterocycles. The molecule has 1 saturated heterocycles. The number of rotatable bonds is 2. The number of aliphatic hydroxyl groups is 3. The lowest BCUT2D eigenvalue weighted by Crippen LogP contribution is -2.48. The van der Waals surface area contributed by atoms with Crippen LogP contribution in [0, 0.1) is 12.3 Å². The van der Waals surface area contributed by atoms with Crippen LogP contribution in [0.4, 0.5) is 0 Å². The number of aliphatic hydroxyl groups excluding tert-OH is 2. The van der Waals surface area contributed by atoms with Gasteiger partial charge in [-0.2, -0.15) is 0 Å². The van der Waals surface area contributed by atoms with E-state index in [4.69, 9.17) is 16.3 Å². The van der Waals surface area contributed by atoms with Crippen molar-refractivity contribution >= 4 is 0 Å². The van der Waals surface area contributed by atoms with E-state index < -0.39 is 41.9 Å². The summed E-state index contributed by atoms with van der Waals surface area (Å²) in [5.41, 5.74) is -3.55. The zero-order valence-electron chi connectivity index (χ0n) is 9.68. The molecule has 4 N–H and O–H groups in total. The molecular weight excluding hydrogens is 256 g/mol. The Labute approximate surface area is 106 Å². The maximum absolute atomic E-state index is 11.6. The zero-order chi connectivity index (χ0) is 14.2. The van der Waals surface area contributed by atoms with E-state index in [0.29, 0.717) is 0 Å². The Morgan fingerprint density at radius 2 is 2.26 bits per heavy atom. The molecule has 102 valence electrons. The quantitative estimate of drug-likeness (QED) is 0.428. The molecule has 0 amide bonds. The predicted molar refractivity (Wildman–Crippen MR) is 62.1 cm³/mol. The van der Waals surface area contributed by atoms with Crippen LogP contribution in [-0.4, -0.2) is 49.3 Å². The topological polar surface area (TPSA) is 125 Å². The Morgan fingerprint density at radius 1 is 1.58 bits per heavy atom. The van der Waals surface area contributed by atoms with Crippen molar-refractivity contribution in [3.63, 3.8) is 0 Å². The van der Waals surface area contributed by atoms with Gasteiger partial charge in [-0.15, -0.1) is 6.42 Å². The van der Waals surface area contributed by atoms with Crippen LogP contribution in [0.1, 0.15) is 6.23 Å². The number of nitrogens with zero attached hydrogens (tertiary/aromatic N) is 1. The Bertz CT molecular complexity index is 629. The highest BCUT2D eigenvalue weighted by Crippen LogP contribution is 2.35. The van der Waals surface area contributed by atoms with Crippen LogP contribution in [0.3, 0.4) is 0 Å². The minimum Gasteiger partial charge on any atom is -0.394 e. The molecule has 8 heteroatoms. The van der Waals surface area contributed by atoms with Gasteiger partial charge in [0.15, 0.2) is 11.8 Å². The second-order valence-corrected chi connectivity index (χ2v) is 4.13. The van der Waals surface area contributed by atoms with Gasteiger partial charge < -0.3 is 20.1 Å². The first-order valence-corrected chi connectivity index (χ1v) is 5.40. The van der Waals surface area contributed by atoms with Crippen LogP contribution in [0.5, 0.6) is 0 Å². The summed E-state index contributed by atoms with van der Waals surface area (Å²) in [6.07, 6.45) is 2.06. The maximum Gasteiger partial charge on any atom is 0.330 e. The Kier molecular flexibility index (Phi) is 3.30. The van der Waals surface area contributed by atoms with Gasteiger partial charge in [-0.1, -0.05) is 5.92 Å². The summed E-state index contributed by atoms with van der Waals surface area (Å²) in [6.45, 7) is -0.633. The summed E-state index contributed by atoms with van der Waals surface area (Å²) in [5.74, 6) is 1.95. The van der Waals surface area contributed by atoms with E-state index in [-0.39, 0.29) is 0 Å². The fourth-order valence-electron chi connectivity index (χ4n) is 1.96. The second-order valence-electron chi connectivity index (χ2n) is 4.13. The molecule has 1 aliphatic heterocycles. The number of terminal acetylenes is 1. The molecule has 1 aliphatic rings. The molecule has 0 radical (unpaired) electrons. The first-order chi connectivity index (χ1) is 8.93. The van der Waals surface area contributed by atoms with E-state index in [2.05, 4.69) is 0 Å². The number of hydrogen-bond donors (Lipinski definition) is 4. The third-order valence-electron chi connectivity index (χ3n) is 3.04. The van der Waals surface area contributed by atoms with Gasteiger partial charge in [-0.3, -0.25) is 14.3 Å². The number of ether oxygens (including phenoxy) is 1. The summed E-state index contributed by atoms with van der Waals surface area (Å²) in [7, 11) is 0. The molecule has 4 atom stereocenters. The molecule has 8 nitrogen and oxygen atoms in total. The molecule has 0 spiro atoms. The average Bonchev–Trinajstić information content (AvgIpc) is 2.63. The number of aromatic amines is 1. The van der Waals surface area contributed by atoms with E-state index in [1.165, 1.54) is 0 Å². The van der Waals surface area contributed by atoms with Crippen LogP contribution >= 0.6 is 0 Å². The van der Waals surface area contributed by atoms with Gasteiger partial charge in [0.05, 0.1) is 6.61 Å². The summed E-state index contributed by atoms with van der Waals surface area (Å²) in [5, 5.41) is 29.1. The molecule has 19 heavy (non-hydrogen) atoms.